The van der Waals surface area contributed by atoms with Crippen LogP contribution < -0.4 is 15.7 Å². The molecular weight excluding hydrogens is 418 g/mol. The molecule has 2 aromatic heterocycles. The third-order valence-electron chi connectivity index (χ3n) is 4.47. The SMILES string of the molecule is CC(C)Oc1ccc2c(C(=O)Nc3ccn(Cc4ccc(Cl)cc4)n3)cc(=O)oc2c1. The second kappa shape index (κ2) is 8.65. The van der Waals surface area contributed by atoms with E-state index in [1.807, 2.05) is 38.1 Å². The van der Waals surface area contributed by atoms with E-state index in [9.17, 15) is 9.59 Å². The first kappa shape index (κ1) is 20.7. The van der Waals surface area contributed by atoms with Crippen molar-refractivity contribution >= 4 is 34.3 Å². The van der Waals surface area contributed by atoms with Crippen LogP contribution in [0.1, 0.15) is 29.8 Å². The first-order valence-corrected chi connectivity index (χ1v) is 10.1. The van der Waals surface area contributed by atoms with Crippen LogP contribution in [0.25, 0.3) is 11.0 Å². The predicted molar refractivity (Wildman–Crippen MR) is 119 cm³/mol. The van der Waals surface area contributed by atoms with E-state index >= 15 is 0 Å². The zero-order valence-corrected chi connectivity index (χ0v) is 17.7. The van der Waals surface area contributed by atoms with Crippen molar-refractivity contribution in [3.8, 4) is 5.75 Å². The van der Waals surface area contributed by atoms with Crippen LogP contribution in [0, 0.1) is 0 Å². The first-order valence-electron chi connectivity index (χ1n) is 9.71. The lowest BCUT2D eigenvalue weighted by Crippen LogP contribution is -2.16. The summed E-state index contributed by atoms with van der Waals surface area (Å²) in [5.41, 5.74) is 0.891. The highest BCUT2D eigenvalue weighted by molar-refractivity contribution is 6.30. The van der Waals surface area contributed by atoms with Crippen LogP contribution in [-0.4, -0.2) is 21.8 Å². The van der Waals surface area contributed by atoms with Gasteiger partial charge in [-0.1, -0.05) is 23.7 Å². The molecule has 0 aliphatic rings. The third-order valence-corrected chi connectivity index (χ3v) is 4.72. The second-order valence-corrected chi connectivity index (χ2v) is 7.72. The minimum absolute atomic E-state index is 0.0290. The minimum Gasteiger partial charge on any atom is -0.491 e. The van der Waals surface area contributed by atoms with Gasteiger partial charge >= 0.3 is 5.63 Å². The van der Waals surface area contributed by atoms with E-state index in [0.29, 0.717) is 28.5 Å². The molecule has 0 atom stereocenters. The van der Waals surface area contributed by atoms with Gasteiger partial charge in [0.05, 0.1) is 18.2 Å². The van der Waals surface area contributed by atoms with Crippen LogP contribution in [0.2, 0.25) is 5.02 Å². The van der Waals surface area contributed by atoms with Crippen molar-refractivity contribution in [2.45, 2.75) is 26.5 Å². The Morgan fingerprint density at radius 3 is 2.68 bits per heavy atom. The van der Waals surface area contributed by atoms with Gasteiger partial charge in [0.25, 0.3) is 5.91 Å². The van der Waals surface area contributed by atoms with Crippen LogP contribution in [0.4, 0.5) is 5.82 Å². The van der Waals surface area contributed by atoms with Gasteiger partial charge in [-0.2, -0.15) is 5.10 Å². The molecule has 2 aromatic carbocycles. The molecule has 7 nitrogen and oxygen atoms in total. The lowest BCUT2D eigenvalue weighted by atomic mass is 10.1. The molecule has 0 radical (unpaired) electrons. The summed E-state index contributed by atoms with van der Waals surface area (Å²) in [4.78, 5) is 24.9. The predicted octanol–water partition coefficient (Wildman–Crippen LogP) is 4.73. The number of nitrogens with one attached hydrogen (secondary N) is 1. The Kier molecular flexibility index (Phi) is 5.77. The number of hydrogen-bond acceptors (Lipinski definition) is 5. The Balaban J connectivity index is 1.55. The largest absolute Gasteiger partial charge is 0.491 e. The highest BCUT2D eigenvalue weighted by Gasteiger charge is 2.15. The molecule has 0 saturated carbocycles. The van der Waals surface area contributed by atoms with Crippen molar-refractivity contribution in [3.63, 3.8) is 0 Å². The van der Waals surface area contributed by atoms with E-state index in [0.717, 1.165) is 5.56 Å². The smallest absolute Gasteiger partial charge is 0.337 e. The van der Waals surface area contributed by atoms with Crippen LogP contribution >= 0.6 is 11.6 Å². The van der Waals surface area contributed by atoms with Crippen molar-refractivity contribution in [3.05, 3.63) is 87.4 Å². The fourth-order valence-corrected chi connectivity index (χ4v) is 3.28. The highest BCUT2D eigenvalue weighted by atomic mass is 35.5. The molecule has 0 saturated heterocycles. The van der Waals surface area contributed by atoms with Crippen LogP contribution in [0.15, 0.2) is 70.0 Å². The summed E-state index contributed by atoms with van der Waals surface area (Å²) in [5, 5.41) is 8.28. The van der Waals surface area contributed by atoms with Gasteiger partial charge in [0, 0.05) is 34.8 Å². The molecule has 4 rings (SSSR count). The van der Waals surface area contributed by atoms with E-state index in [1.165, 1.54) is 6.07 Å². The van der Waals surface area contributed by atoms with Gasteiger partial charge in [-0.3, -0.25) is 9.48 Å². The van der Waals surface area contributed by atoms with E-state index in [2.05, 4.69) is 10.4 Å². The van der Waals surface area contributed by atoms with Crippen molar-refractivity contribution in [1.29, 1.82) is 0 Å². The van der Waals surface area contributed by atoms with E-state index < -0.39 is 11.5 Å². The average Bonchev–Trinajstić information content (AvgIpc) is 3.15. The molecule has 158 valence electrons. The van der Waals surface area contributed by atoms with Crippen LogP contribution in [0.5, 0.6) is 5.75 Å². The molecular formula is C23H20ClN3O4. The molecule has 4 aromatic rings. The summed E-state index contributed by atoms with van der Waals surface area (Å²) < 4.78 is 12.6. The van der Waals surface area contributed by atoms with Gasteiger partial charge in [-0.15, -0.1) is 0 Å². The summed E-state index contributed by atoms with van der Waals surface area (Å²) in [5.74, 6) is 0.483. The maximum absolute atomic E-state index is 12.9. The molecule has 0 fully saturated rings. The Bertz CT molecular complexity index is 1290. The van der Waals surface area contributed by atoms with Crippen molar-refractivity contribution in [2.24, 2.45) is 0 Å². The molecule has 0 aliphatic carbocycles. The Hall–Kier alpha value is -3.58. The average molecular weight is 438 g/mol. The number of ether oxygens (including phenoxy) is 1. The van der Waals surface area contributed by atoms with E-state index in [-0.39, 0.29) is 17.3 Å². The fourth-order valence-electron chi connectivity index (χ4n) is 3.15. The maximum Gasteiger partial charge on any atom is 0.337 e. The standard InChI is InChI=1S/C23H20ClN3O4/c1-14(2)30-17-7-8-18-19(12-22(28)31-20(18)11-17)23(29)25-21-9-10-27(26-21)13-15-3-5-16(24)6-4-15/h3-12,14H,13H2,1-2H3,(H,25,26,29). The van der Waals surface area contributed by atoms with E-state index in [1.54, 1.807) is 35.1 Å². The van der Waals surface area contributed by atoms with Crippen molar-refractivity contribution < 1.29 is 13.9 Å². The zero-order chi connectivity index (χ0) is 22.0. The maximum atomic E-state index is 12.9. The summed E-state index contributed by atoms with van der Waals surface area (Å²) in [6.45, 7) is 4.33. The topological polar surface area (TPSA) is 86.4 Å². The number of carbonyl (C=O) groups is 1. The number of aromatic nitrogens is 2. The molecule has 31 heavy (non-hydrogen) atoms. The van der Waals surface area contributed by atoms with Gasteiger partial charge in [0.2, 0.25) is 0 Å². The molecule has 2 heterocycles. The summed E-state index contributed by atoms with van der Waals surface area (Å²) >= 11 is 5.91. The molecule has 0 unspecified atom stereocenters. The fraction of sp³-hybridized carbons (Fsp3) is 0.174. The van der Waals surface area contributed by atoms with Crippen molar-refractivity contribution in [1.82, 2.24) is 9.78 Å². The van der Waals surface area contributed by atoms with E-state index in [4.69, 9.17) is 20.8 Å². The first-order chi connectivity index (χ1) is 14.9. The minimum atomic E-state index is -0.618. The number of carbonyl (C=O) groups excluding carboxylic acids is 1. The third kappa shape index (κ3) is 4.95. The Morgan fingerprint density at radius 2 is 1.94 bits per heavy atom. The number of halogens is 1. The molecule has 0 spiro atoms. The molecule has 8 heteroatoms. The molecule has 0 aliphatic heterocycles. The van der Waals surface area contributed by atoms with Crippen molar-refractivity contribution in [2.75, 3.05) is 5.32 Å². The van der Waals surface area contributed by atoms with Crippen LogP contribution in [-0.2, 0) is 6.54 Å². The lowest BCUT2D eigenvalue weighted by Gasteiger charge is -2.11. The number of hydrogen-bond donors (Lipinski definition) is 1. The monoisotopic (exact) mass is 437 g/mol. The van der Waals surface area contributed by atoms with Gasteiger partial charge < -0.3 is 14.5 Å². The Morgan fingerprint density at radius 1 is 1.16 bits per heavy atom. The summed E-state index contributed by atoms with van der Waals surface area (Å²) in [6.07, 6.45) is 1.73. The number of nitrogens with zero attached hydrogens (tertiary/aromatic N) is 2. The van der Waals surface area contributed by atoms with Crippen LogP contribution in [0.3, 0.4) is 0 Å². The van der Waals surface area contributed by atoms with Gasteiger partial charge in [-0.05, 0) is 43.7 Å². The zero-order valence-electron chi connectivity index (χ0n) is 17.0. The molecule has 1 amide bonds. The van der Waals surface area contributed by atoms with Gasteiger partial charge in [0.15, 0.2) is 5.82 Å². The highest BCUT2D eigenvalue weighted by Crippen LogP contribution is 2.24. The van der Waals surface area contributed by atoms with Gasteiger partial charge in [-0.25, -0.2) is 4.79 Å². The van der Waals surface area contributed by atoms with Gasteiger partial charge in [0.1, 0.15) is 11.3 Å². The lowest BCUT2D eigenvalue weighted by molar-refractivity contribution is 0.102. The second-order valence-electron chi connectivity index (χ2n) is 7.28. The number of benzene rings is 2. The number of fused-ring (bicyclic) bond motifs is 1. The Labute approximate surface area is 183 Å². The number of amides is 1. The summed E-state index contributed by atoms with van der Waals surface area (Å²) in [7, 11) is 0. The number of rotatable bonds is 6. The molecule has 0 bridgehead atoms. The summed E-state index contributed by atoms with van der Waals surface area (Å²) in [6, 6.07) is 15.4. The quantitative estimate of drug-likeness (QED) is 0.440. The normalized spacial score (nSPS) is 11.1. The molecule has 1 N–H and O–H groups in total. The number of anilines is 1.